The Hall–Kier alpha value is -3.10. The third-order valence-corrected chi connectivity index (χ3v) is 6.48. The van der Waals surface area contributed by atoms with Gasteiger partial charge in [-0.3, -0.25) is 14.4 Å². The molecule has 9 nitrogen and oxygen atoms in total. The highest BCUT2D eigenvalue weighted by molar-refractivity contribution is 5.94. The summed E-state index contributed by atoms with van der Waals surface area (Å²) in [5.41, 5.74) is 1.81. The number of esters is 1. The second kappa shape index (κ2) is 12.4. The molecule has 37 heavy (non-hydrogen) atoms. The molecule has 3 amide bonds. The van der Waals surface area contributed by atoms with Gasteiger partial charge in [0.2, 0.25) is 11.8 Å². The summed E-state index contributed by atoms with van der Waals surface area (Å²) in [4.78, 5) is 53.9. The molecule has 9 heteroatoms. The Morgan fingerprint density at radius 2 is 1.76 bits per heavy atom. The second-order valence-electron chi connectivity index (χ2n) is 11.3. The number of methoxy groups -OCH3 is 1. The van der Waals surface area contributed by atoms with Gasteiger partial charge in [0.1, 0.15) is 24.2 Å². The van der Waals surface area contributed by atoms with E-state index in [0.717, 1.165) is 17.5 Å². The van der Waals surface area contributed by atoms with Crippen LogP contribution < -0.4 is 10.6 Å². The van der Waals surface area contributed by atoms with E-state index in [4.69, 9.17) is 4.74 Å². The summed E-state index contributed by atoms with van der Waals surface area (Å²) in [5, 5.41) is 5.40. The fourth-order valence-corrected chi connectivity index (χ4v) is 4.31. The van der Waals surface area contributed by atoms with Crippen LogP contribution in [0.1, 0.15) is 77.1 Å². The van der Waals surface area contributed by atoms with Crippen LogP contribution in [0.5, 0.6) is 0 Å². The fourth-order valence-electron chi connectivity index (χ4n) is 4.31. The van der Waals surface area contributed by atoms with Crippen LogP contribution in [0.2, 0.25) is 0 Å². The molecular weight excluding hydrogens is 474 g/mol. The van der Waals surface area contributed by atoms with Gasteiger partial charge in [0, 0.05) is 6.04 Å². The molecule has 2 rings (SSSR count). The van der Waals surface area contributed by atoms with Crippen LogP contribution in [-0.2, 0) is 23.9 Å². The summed E-state index contributed by atoms with van der Waals surface area (Å²) < 4.78 is 10.1. The predicted octanol–water partition coefficient (Wildman–Crippen LogP) is 3.81. The zero-order valence-electron chi connectivity index (χ0n) is 23.6. The van der Waals surface area contributed by atoms with E-state index in [0.29, 0.717) is 12.0 Å². The molecule has 1 aliphatic carbocycles. The van der Waals surface area contributed by atoms with Crippen LogP contribution in [-0.4, -0.2) is 60.1 Å². The molecule has 0 bridgehead atoms. The van der Waals surface area contributed by atoms with E-state index >= 15 is 0 Å². The molecule has 2 N–H and O–H groups in total. The summed E-state index contributed by atoms with van der Waals surface area (Å²) in [6.07, 6.45) is 0.422. The maximum atomic E-state index is 14.2. The van der Waals surface area contributed by atoms with Crippen molar-refractivity contribution in [3.8, 4) is 0 Å². The van der Waals surface area contributed by atoms with Gasteiger partial charge in [-0.2, -0.15) is 0 Å². The number of rotatable bonds is 10. The Labute approximate surface area is 220 Å². The van der Waals surface area contributed by atoms with Crippen LogP contribution in [0, 0.1) is 25.7 Å². The minimum atomic E-state index is -0.984. The highest BCUT2D eigenvalue weighted by Gasteiger charge is 2.48. The lowest BCUT2D eigenvalue weighted by molar-refractivity contribution is -0.145. The Morgan fingerprint density at radius 3 is 2.27 bits per heavy atom. The molecule has 0 spiro atoms. The second-order valence-corrected chi connectivity index (χ2v) is 11.3. The summed E-state index contributed by atoms with van der Waals surface area (Å²) in [6.45, 7) is 14.8. The minimum absolute atomic E-state index is 0.0923. The van der Waals surface area contributed by atoms with E-state index < -0.39 is 35.7 Å². The maximum Gasteiger partial charge on any atom is 0.408 e. The number of nitrogens with zero attached hydrogens (tertiary/aromatic N) is 1. The van der Waals surface area contributed by atoms with E-state index in [-0.39, 0.29) is 30.3 Å². The fraction of sp³-hybridized carbons (Fsp3) is 0.643. The number of carbonyl (C=O) groups excluding carboxylic acids is 4. The molecule has 206 valence electrons. The van der Waals surface area contributed by atoms with Crippen molar-refractivity contribution in [1.29, 1.82) is 0 Å². The van der Waals surface area contributed by atoms with Crippen molar-refractivity contribution in [2.24, 2.45) is 11.8 Å². The van der Waals surface area contributed by atoms with Gasteiger partial charge < -0.3 is 25.0 Å². The van der Waals surface area contributed by atoms with Crippen LogP contribution in [0.15, 0.2) is 18.2 Å². The van der Waals surface area contributed by atoms with Crippen LogP contribution in [0.4, 0.5) is 4.79 Å². The number of alkyl carbamates (subject to hydrolysis) is 1. The van der Waals surface area contributed by atoms with Gasteiger partial charge in [-0.05, 0) is 76.0 Å². The molecule has 1 fully saturated rings. The van der Waals surface area contributed by atoms with Crippen LogP contribution in [0.3, 0.4) is 0 Å². The molecule has 0 aromatic heterocycles. The van der Waals surface area contributed by atoms with Crippen molar-refractivity contribution in [2.45, 2.75) is 92.0 Å². The van der Waals surface area contributed by atoms with Crippen LogP contribution >= 0.6 is 0 Å². The first kappa shape index (κ1) is 30.1. The first-order valence-electron chi connectivity index (χ1n) is 12.9. The predicted molar refractivity (Wildman–Crippen MR) is 141 cm³/mol. The highest BCUT2D eigenvalue weighted by Crippen LogP contribution is 2.41. The minimum Gasteiger partial charge on any atom is -0.468 e. The van der Waals surface area contributed by atoms with E-state index in [1.54, 1.807) is 25.7 Å². The van der Waals surface area contributed by atoms with E-state index in [1.165, 1.54) is 7.11 Å². The summed E-state index contributed by atoms with van der Waals surface area (Å²) in [7, 11) is 1.25. The van der Waals surface area contributed by atoms with Crippen molar-refractivity contribution in [2.75, 3.05) is 13.7 Å². The Bertz CT molecular complexity index is 1000. The molecule has 1 aromatic carbocycles. The molecule has 0 heterocycles. The average molecular weight is 518 g/mol. The summed E-state index contributed by atoms with van der Waals surface area (Å²) in [6, 6.07) is 3.57. The Morgan fingerprint density at radius 1 is 1.14 bits per heavy atom. The third kappa shape index (κ3) is 8.47. The molecule has 0 aliphatic heterocycles. The Kier molecular flexibility index (Phi) is 10.1. The first-order valence-corrected chi connectivity index (χ1v) is 12.9. The molecule has 1 aromatic rings. The standard InChI is InChI=1S/C28H43N3O6/c1-16(2)13-21(30-27(35)37-28(6,7)8)26(34)31(22-14-18(22)4)24(25(33)29-15-23(32)36-9)20-12-10-11-17(3)19(20)5/h10-12,16,18,21-22,24H,13-15H2,1-9H3,(H,29,33)(H,30,35). The quantitative estimate of drug-likeness (QED) is 0.456. The number of benzene rings is 1. The lowest BCUT2D eigenvalue weighted by Crippen LogP contribution is -2.54. The highest BCUT2D eigenvalue weighted by atomic mass is 16.6. The van der Waals surface area contributed by atoms with Gasteiger partial charge in [-0.1, -0.05) is 39.0 Å². The number of amides is 3. The summed E-state index contributed by atoms with van der Waals surface area (Å²) >= 11 is 0. The van der Waals surface area contributed by atoms with Crippen molar-refractivity contribution in [1.82, 2.24) is 15.5 Å². The van der Waals surface area contributed by atoms with Gasteiger partial charge in [0.25, 0.3) is 0 Å². The van der Waals surface area contributed by atoms with Crippen molar-refractivity contribution in [3.63, 3.8) is 0 Å². The monoisotopic (exact) mass is 517 g/mol. The van der Waals surface area contributed by atoms with E-state index in [2.05, 4.69) is 15.4 Å². The van der Waals surface area contributed by atoms with E-state index in [9.17, 15) is 19.2 Å². The number of hydrogen-bond donors (Lipinski definition) is 2. The SMILES string of the molecule is COC(=O)CNC(=O)C(c1cccc(C)c1C)N(C(=O)C(CC(C)C)NC(=O)OC(C)(C)C)C1CC1C. The molecule has 4 unspecified atom stereocenters. The third-order valence-electron chi connectivity index (χ3n) is 6.48. The number of ether oxygens (including phenoxy) is 2. The largest absolute Gasteiger partial charge is 0.468 e. The molecular formula is C28H43N3O6. The maximum absolute atomic E-state index is 14.2. The zero-order valence-corrected chi connectivity index (χ0v) is 23.6. The zero-order chi connectivity index (χ0) is 28.1. The normalized spacial score (nSPS) is 18.4. The molecule has 1 aliphatic rings. The lowest BCUT2D eigenvalue weighted by Gasteiger charge is -2.36. The molecule has 1 saturated carbocycles. The van der Waals surface area contributed by atoms with Crippen molar-refractivity contribution >= 4 is 23.9 Å². The smallest absolute Gasteiger partial charge is 0.408 e. The van der Waals surface area contributed by atoms with Gasteiger partial charge in [0.05, 0.1) is 7.11 Å². The lowest BCUT2D eigenvalue weighted by atomic mass is 9.94. The van der Waals surface area contributed by atoms with Crippen LogP contribution in [0.25, 0.3) is 0 Å². The van der Waals surface area contributed by atoms with Crippen molar-refractivity contribution in [3.05, 3.63) is 34.9 Å². The van der Waals surface area contributed by atoms with Gasteiger partial charge in [0.15, 0.2) is 0 Å². The van der Waals surface area contributed by atoms with E-state index in [1.807, 2.05) is 52.8 Å². The molecule has 4 atom stereocenters. The topological polar surface area (TPSA) is 114 Å². The Balaban J connectivity index is 2.53. The first-order chi connectivity index (χ1) is 17.2. The average Bonchev–Trinajstić information content (AvgIpc) is 3.50. The van der Waals surface area contributed by atoms with Crippen molar-refractivity contribution < 1.29 is 28.7 Å². The number of hydrogen-bond acceptors (Lipinski definition) is 6. The van der Waals surface area contributed by atoms with Gasteiger partial charge in [-0.25, -0.2) is 4.79 Å². The molecule has 0 radical (unpaired) electrons. The number of carbonyl (C=O) groups is 4. The number of nitrogens with one attached hydrogen (secondary N) is 2. The number of aryl methyl sites for hydroxylation is 1. The summed E-state index contributed by atoms with van der Waals surface area (Å²) in [5.74, 6) is -1.14. The van der Waals surface area contributed by atoms with Gasteiger partial charge in [-0.15, -0.1) is 0 Å². The van der Waals surface area contributed by atoms with Gasteiger partial charge >= 0.3 is 12.1 Å². The molecule has 0 saturated heterocycles.